The van der Waals surface area contributed by atoms with Gasteiger partial charge in [-0.3, -0.25) is 14.4 Å². The molecule has 3 amide bonds. The van der Waals surface area contributed by atoms with Gasteiger partial charge in [0.25, 0.3) is 11.8 Å². The van der Waals surface area contributed by atoms with Crippen LogP contribution in [0.25, 0.3) is 32.6 Å². The number of rotatable bonds is 6. The van der Waals surface area contributed by atoms with Crippen LogP contribution in [0.3, 0.4) is 0 Å². The van der Waals surface area contributed by atoms with E-state index in [1.807, 2.05) is 48.5 Å². The van der Waals surface area contributed by atoms with Crippen LogP contribution in [0.5, 0.6) is 5.75 Å². The highest BCUT2D eigenvalue weighted by atomic mass is 32.1. The largest absolute Gasteiger partial charge is 0.507 e. The minimum absolute atomic E-state index is 0.119. The quantitative estimate of drug-likeness (QED) is 0.129. The third kappa shape index (κ3) is 4.85. The van der Waals surface area contributed by atoms with Crippen molar-refractivity contribution in [3.63, 3.8) is 0 Å². The number of benzene rings is 4. The molecule has 0 aliphatic carbocycles. The molecular weight excluding hydrogens is 562 g/mol. The van der Waals surface area contributed by atoms with Crippen molar-refractivity contribution in [3.05, 3.63) is 95.8 Å². The standard InChI is InChI=1S/C33H27N5O4S/c39-30-17-29-23(22-3-1-2-4-24(22)30)9-11-38(29)33(42)28-16-19-14-21(6-8-26(19)37-28)35-32(41)27-15-18-13-20(5-7-25(18)36-27)34-31(40)10-12-43/h1-8,13-17,36-37,39,43H,9-12H2,(H,34,40)(H,35,41). The highest BCUT2D eigenvalue weighted by molar-refractivity contribution is 7.80. The maximum Gasteiger partial charge on any atom is 0.274 e. The number of aromatic hydroxyl groups is 1. The number of phenols is 1. The third-order valence-corrected chi connectivity index (χ3v) is 8.05. The van der Waals surface area contributed by atoms with Gasteiger partial charge in [0.05, 0.1) is 5.69 Å². The lowest BCUT2D eigenvalue weighted by molar-refractivity contribution is -0.115. The van der Waals surface area contributed by atoms with Crippen molar-refractivity contribution in [3.8, 4) is 5.75 Å². The molecule has 6 aromatic rings. The van der Waals surface area contributed by atoms with Crippen LogP contribution >= 0.6 is 12.6 Å². The number of hydrogen-bond donors (Lipinski definition) is 6. The lowest BCUT2D eigenvalue weighted by atomic mass is 10.0. The van der Waals surface area contributed by atoms with Crippen molar-refractivity contribution >= 4 is 80.0 Å². The lowest BCUT2D eigenvalue weighted by Gasteiger charge is -2.17. The molecule has 0 saturated carbocycles. The zero-order valence-electron chi connectivity index (χ0n) is 22.9. The fourth-order valence-electron chi connectivity index (χ4n) is 5.79. The predicted molar refractivity (Wildman–Crippen MR) is 173 cm³/mol. The van der Waals surface area contributed by atoms with Gasteiger partial charge in [-0.2, -0.15) is 12.6 Å². The number of hydrogen-bond acceptors (Lipinski definition) is 5. The molecule has 0 atom stereocenters. The molecule has 5 N–H and O–H groups in total. The first-order valence-electron chi connectivity index (χ1n) is 13.9. The molecule has 2 aromatic heterocycles. The zero-order valence-corrected chi connectivity index (χ0v) is 23.8. The highest BCUT2D eigenvalue weighted by Gasteiger charge is 2.29. The summed E-state index contributed by atoms with van der Waals surface area (Å²) in [6.45, 7) is 0.520. The second-order valence-electron chi connectivity index (χ2n) is 10.6. The molecule has 7 rings (SSSR count). The first kappa shape index (κ1) is 26.7. The Labute approximate surface area is 251 Å². The van der Waals surface area contributed by atoms with Crippen LogP contribution < -0.4 is 15.5 Å². The summed E-state index contributed by atoms with van der Waals surface area (Å²) in [5, 5.41) is 19.7. The second kappa shape index (κ2) is 10.6. The number of nitrogens with zero attached hydrogens (tertiary/aromatic N) is 1. The Hall–Kier alpha value is -5.22. The predicted octanol–water partition coefficient (Wildman–Crippen LogP) is 6.22. The van der Waals surface area contributed by atoms with Crippen LogP contribution in [0.1, 0.15) is 33.0 Å². The first-order chi connectivity index (χ1) is 20.9. The molecule has 1 aliphatic rings. The number of fused-ring (bicyclic) bond motifs is 5. The van der Waals surface area contributed by atoms with Crippen LogP contribution in [0.4, 0.5) is 17.1 Å². The maximum absolute atomic E-state index is 13.6. The van der Waals surface area contributed by atoms with E-state index in [2.05, 4.69) is 33.2 Å². The van der Waals surface area contributed by atoms with Gasteiger partial charge in [0, 0.05) is 57.6 Å². The number of phenolic OH excluding ortho intramolecular Hbond substituents is 1. The molecule has 0 spiro atoms. The highest BCUT2D eigenvalue weighted by Crippen LogP contribution is 2.40. The van der Waals surface area contributed by atoms with Crippen molar-refractivity contribution in [2.75, 3.05) is 27.8 Å². The number of anilines is 3. The number of aromatic amines is 2. The van der Waals surface area contributed by atoms with Gasteiger partial charge in [0.15, 0.2) is 0 Å². The van der Waals surface area contributed by atoms with Crippen molar-refractivity contribution < 1.29 is 19.5 Å². The van der Waals surface area contributed by atoms with Gasteiger partial charge < -0.3 is 30.6 Å². The van der Waals surface area contributed by atoms with Gasteiger partial charge in [-0.15, -0.1) is 0 Å². The minimum atomic E-state index is -0.316. The minimum Gasteiger partial charge on any atom is -0.507 e. The SMILES string of the molecule is O=C(CCS)Nc1ccc2[nH]c(C(=O)Nc3ccc4[nH]c(C(=O)N5CCc6c5cc(O)c5ccccc65)cc4c3)cc2c1. The van der Waals surface area contributed by atoms with Gasteiger partial charge in [0.1, 0.15) is 17.1 Å². The van der Waals surface area contributed by atoms with Crippen molar-refractivity contribution in [1.82, 2.24) is 9.97 Å². The molecule has 10 heteroatoms. The molecule has 4 aromatic carbocycles. The van der Waals surface area contributed by atoms with E-state index in [-0.39, 0.29) is 23.5 Å². The summed E-state index contributed by atoms with van der Waals surface area (Å²) in [7, 11) is 0. The summed E-state index contributed by atoms with van der Waals surface area (Å²) in [5.74, 6) is -0.00759. The van der Waals surface area contributed by atoms with E-state index in [1.54, 1.807) is 35.2 Å². The van der Waals surface area contributed by atoms with E-state index in [9.17, 15) is 19.5 Å². The van der Waals surface area contributed by atoms with Gasteiger partial charge in [0.2, 0.25) is 5.91 Å². The van der Waals surface area contributed by atoms with Crippen LogP contribution in [0.2, 0.25) is 0 Å². The average molecular weight is 590 g/mol. The second-order valence-corrected chi connectivity index (χ2v) is 11.0. The Morgan fingerprint density at radius 3 is 2.19 bits per heavy atom. The van der Waals surface area contributed by atoms with Crippen LogP contribution in [0, 0.1) is 0 Å². The van der Waals surface area contributed by atoms with Crippen LogP contribution in [0.15, 0.2) is 78.9 Å². The molecule has 0 fully saturated rings. The van der Waals surface area contributed by atoms with E-state index in [0.717, 1.165) is 43.8 Å². The molecule has 214 valence electrons. The Kier molecular flexibility index (Phi) is 6.55. The summed E-state index contributed by atoms with van der Waals surface area (Å²) in [4.78, 5) is 46.6. The first-order valence-corrected chi connectivity index (χ1v) is 14.5. The summed E-state index contributed by atoms with van der Waals surface area (Å²) < 4.78 is 0. The number of amides is 3. The van der Waals surface area contributed by atoms with Crippen molar-refractivity contribution in [2.24, 2.45) is 0 Å². The van der Waals surface area contributed by atoms with Gasteiger partial charge in [-0.05, 0) is 71.7 Å². The van der Waals surface area contributed by atoms with Gasteiger partial charge >= 0.3 is 0 Å². The number of nitrogens with one attached hydrogen (secondary N) is 4. The molecule has 0 unspecified atom stereocenters. The Morgan fingerprint density at radius 2 is 1.47 bits per heavy atom. The maximum atomic E-state index is 13.6. The van der Waals surface area contributed by atoms with Gasteiger partial charge in [-0.1, -0.05) is 24.3 Å². The average Bonchev–Trinajstić information content (AvgIpc) is 3.73. The summed E-state index contributed by atoms with van der Waals surface area (Å²) in [6, 6.07) is 23.7. The molecular formula is C33H27N5O4S. The number of carbonyl (C=O) groups is 3. The molecule has 3 heterocycles. The Morgan fingerprint density at radius 1 is 0.814 bits per heavy atom. The Bertz CT molecular complexity index is 2100. The zero-order chi connectivity index (χ0) is 29.7. The van der Waals surface area contributed by atoms with E-state index in [1.165, 1.54) is 0 Å². The van der Waals surface area contributed by atoms with Crippen LogP contribution in [-0.2, 0) is 11.2 Å². The summed E-state index contributed by atoms with van der Waals surface area (Å²) in [5.41, 5.74) is 5.33. The van der Waals surface area contributed by atoms with E-state index in [0.29, 0.717) is 47.9 Å². The monoisotopic (exact) mass is 589 g/mol. The number of carbonyl (C=O) groups excluding carboxylic acids is 3. The van der Waals surface area contributed by atoms with E-state index < -0.39 is 0 Å². The van der Waals surface area contributed by atoms with Crippen molar-refractivity contribution in [2.45, 2.75) is 12.8 Å². The summed E-state index contributed by atoms with van der Waals surface area (Å²) in [6.07, 6.45) is 1.02. The molecule has 43 heavy (non-hydrogen) atoms. The number of aromatic nitrogens is 2. The third-order valence-electron chi connectivity index (χ3n) is 7.83. The van der Waals surface area contributed by atoms with E-state index in [4.69, 9.17) is 0 Å². The number of H-pyrrole nitrogens is 2. The van der Waals surface area contributed by atoms with Gasteiger partial charge in [-0.25, -0.2) is 0 Å². The fraction of sp³-hybridized carbons (Fsp3) is 0.121. The Balaban J connectivity index is 1.10. The van der Waals surface area contributed by atoms with Crippen molar-refractivity contribution in [1.29, 1.82) is 0 Å². The normalized spacial score (nSPS) is 12.6. The molecule has 0 radical (unpaired) electrons. The van der Waals surface area contributed by atoms with E-state index >= 15 is 0 Å². The molecule has 1 aliphatic heterocycles. The topological polar surface area (TPSA) is 130 Å². The fourth-order valence-corrected chi connectivity index (χ4v) is 5.99. The lowest BCUT2D eigenvalue weighted by Crippen LogP contribution is -2.29. The van der Waals surface area contributed by atoms with Crippen LogP contribution in [-0.4, -0.2) is 45.1 Å². The molecule has 0 bridgehead atoms. The number of thiol groups is 1. The smallest absolute Gasteiger partial charge is 0.274 e. The molecule has 9 nitrogen and oxygen atoms in total. The summed E-state index contributed by atoms with van der Waals surface area (Å²) >= 11 is 4.09. The molecule has 0 saturated heterocycles.